The van der Waals surface area contributed by atoms with E-state index in [0.29, 0.717) is 32.8 Å². The predicted octanol–water partition coefficient (Wildman–Crippen LogP) is 1.64. The lowest BCUT2D eigenvalue weighted by Crippen LogP contribution is -2.47. The summed E-state index contributed by atoms with van der Waals surface area (Å²) in [6.07, 6.45) is -0.444. The van der Waals surface area contributed by atoms with Gasteiger partial charge in [-0.25, -0.2) is 4.79 Å². The van der Waals surface area contributed by atoms with Crippen molar-refractivity contribution >= 4 is 6.09 Å². The van der Waals surface area contributed by atoms with E-state index in [2.05, 4.69) is 10.6 Å². The second-order valence-electron chi connectivity index (χ2n) is 6.34. The lowest BCUT2D eigenvalue weighted by atomic mass is 10.2. The number of carbonyl (C=O) groups excluding carboxylic acids is 1. The van der Waals surface area contributed by atoms with Crippen molar-refractivity contribution in [1.29, 1.82) is 0 Å². The molecule has 0 aliphatic carbocycles. The number of hydrogen-bond donors (Lipinski definition) is 3. The summed E-state index contributed by atoms with van der Waals surface area (Å²) in [6.45, 7) is 8.21. The van der Waals surface area contributed by atoms with Gasteiger partial charge in [-0.2, -0.15) is 0 Å². The van der Waals surface area contributed by atoms with Gasteiger partial charge in [0.1, 0.15) is 5.60 Å². The molecule has 0 radical (unpaired) electrons. The van der Waals surface area contributed by atoms with Crippen molar-refractivity contribution in [3.05, 3.63) is 35.9 Å². The summed E-state index contributed by atoms with van der Waals surface area (Å²) in [5.41, 5.74) is 6.04. The molecule has 1 rings (SSSR count). The Kier molecular flexibility index (Phi) is 8.61. The minimum atomic E-state index is -0.524. The van der Waals surface area contributed by atoms with Gasteiger partial charge in [0.05, 0.1) is 19.3 Å². The maximum absolute atomic E-state index is 11.9. The Morgan fingerprint density at radius 3 is 2.57 bits per heavy atom. The van der Waals surface area contributed by atoms with Gasteiger partial charge in [-0.15, -0.1) is 0 Å². The first kappa shape index (κ1) is 19.4. The van der Waals surface area contributed by atoms with Crippen LogP contribution in [0.25, 0.3) is 0 Å². The van der Waals surface area contributed by atoms with Gasteiger partial charge in [0.25, 0.3) is 0 Å². The standard InChI is InChI=1S/C17H29N3O3/c1-17(2,3)23-16(21)20-15(11-19-10-9-18)13-22-12-14-7-5-4-6-8-14/h4-8,15,19H,9-13,18H2,1-3H3,(H,20,21)/t15-/m1/s1. The summed E-state index contributed by atoms with van der Waals surface area (Å²) in [5.74, 6) is 0. The molecular formula is C17H29N3O3. The van der Waals surface area contributed by atoms with Crippen molar-refractivity contribution in [2.24, 2.45) is 5.73 Å². The van der Waals surface area contributed by atoms with Crippen LogP contribution >= 0.6 is 0 Å². The first-order valence-corrected chi connectivity index (χ1v) is 7.92. The van der Waals surface area contributed by atoms with Crippen LogP contribution in [0.3, 0.4) is 0 Å². The highest BCUT2D eigenvalue weighted by atomic mass is 16.6. The maximum Gasteiger partial charge on any atom is 0.407 e. The number of hydrogen-bond acceptors (Lipinski definition) is 5. The molecule has 1 aromatic carbocycles. The van der Waals surface area contributed by atoms with Gasteiger partial charge in [-0.05, 0) is 26.3 Å². The molecule has 0 aliphatic heterocycles. The molecule has 130 valence electrons. The molecule has 6 nitrogen and oxygen atoms in total. The fourth-order valence-electron chi connectivity index (χ4n) is 1.90. The zero-order chi connectivity index (χ0) is 17.1. The van der Waals surface area contributed by atoms with E-state index in [1.54, 1.807) is 0 Å². The van der Waals surface area contributed by atoms with Crippen LogP contribution in [0.5, 0.6) is 0 Å². The normalized spacial score (nSPS) is 12.7. The minimum Gasteiger partial charge on any atom is -0.444 e. The Labute approximate surface area is 138 Å². The van der Waals surface area contributed by atoms with Crippen LogP contribution in [-0.2, 0) is 16.1 Å². The highest BCUT2D eigenvalue weighted by Crippen LogP contribution is 2.07. The fourth-order valence-corrected chi connectivity index (χ4v) is 1.90. The fraction of sp³-hybridized carbons (Fsp3) is 0.588. The monoisotopic (exact) mass is 323 g/mol. The van der Waals surface area contributed by atoms with E-state index in [1.807, 2.05) is 51.1 Å². The van der Waals surface area contributed by atoms with Crippen molar-refractivity contribution in [1.82, 2.24) is 10.6 Å². The van der Waals surface area contributed by atoms with Crippen molar-refractivity contribution in [2.45, 2.75) is 39.0 Å². The summed E-state index contributed by atoms with van der Waals surface area (Å²) in [5, 5.41) is 6.01. The van der Waals surface area contributed by atoms with E-state index >= 15 is 0 Å². The highest BCUT2D eigenvalue weighted by Gasteiger charge is 2.19. The van der Waals surface area contributed by atoms with E-state index in [9.17, 15) is 4.79 Å². The van der Waals surface area contributed by atoms with E-state index in [0.717, 1.165) is 5.56 Å². The van der Waals surface area contributed by atoms with Gasteiger partial charge >= 0.3 is 6.09 Å². The topological polar surface area (TPSA) is 85.6 Å². The number of nitrogens with two attached hydrogens (primary N) is 1. The second kappa shape index (κ2) is 10.2. The smallest absolute Gasteiger partial charge is 0.407 e. The number of nitrogens with one attached hydrogen (secondary N) is 2. The van der Waals surface area contributed by atoms with Gasteiger partial charge in [0.2, 0.25) is 0 Å². The van der Waals surface area contributed by atoms with Crippen LogP contribution in [0, 0.1) is 0 Å². The first-order chi connectivity index (χ1) is 10.9. The molecule has 23 heavy (non-hydrogen) atoms. The highest BCUT2D eigenvalue weighted by molar-refractivity contribution is 5.68. The molecule has 0 aromatic heterocycles. The third-order valence-electron chi connectivity index (χ3n) is 2.86. The average molecular weight is 323 g/mol. The third kappa shape index (κ3) is 9.89. The molecule has 1 atom stereocenters. The zero-order valence-electron chi connectivity index (χ0n) is 14.3. The summed E-state index contributed by atoms with van der Waals surface area (Å²) in [6, 6.07) is 9.73. The van der Waals surface area contributed by atoms with E-state index in [1.165, 1.54) is 0 Å². The lowest BCUT2D eigenvalue weighted by molar-refractivity contribution is 0.0429. The Balaban J connectivity index is 2.42. The first-order valence-electron chi connectivity index (χ1n) is 7.92. The van der Waals surface area contributed by atoms with Crippen LogP contribution in [0.1, 0.15) is 26.3 Å². The Bertz CT molecular complexity index is 446. The SMILES string of the molecule is CC(C)(C)OC(=O)N[C@H](CNCCN)COCc1ccccc1. The number of alkyl carbamates (subject to hydrolysis) is 1. The molecule has 6 heteroatoms. The van der Waals surface area contributed by atoms with Gasteiger partial charge in [0, 0.05) is 19.6 Å². The number of benzene rings is 1. The summed E-state index contributed by atoms with van der Waals surface area (Å²) < 4.78 is 11.0. The minimum absolute atomic E-state index is 0.180. The van der Waals surface area contributed by atoms with Crippen LogP contribution in [0.4, 0.5) is 4.79 Å². The molecule has 0 saturated heterocycles. The van der Waals surface area contributed by atoms with Crippen molar-refractivity contribution in [2.75, 3.05) is 26.2 Å². The number of ether oxygens (including phenoxy) is 2. The van der Waals surface area contributed by atoms with Gasteiger partial charge in [-0.3, -0.25) is 0 Å². The molecule has 0 aliphatic rings. The van der Waals surface area contributed by atoms with Crippen LogP contribution < -0.4 is 16.4 Å². The Hall–Kier alpha value is -1.63. The number of carbonyl (C=O) groups is 1. The van der Waals surface area contributed by atoms with E-state index < -0.39 is 11.7 Å². The van der Waals surface area contributed by atoms with Crippen molar-refractivity contribution in [3.63, 3.8) is 0 Å². The van der Waals surface area contributed by atoms with E-state index in [-0.39, 0.29) is 6.04 Å². The van der Waals surface area contributed by atoms with Gasteiger partial charge in [0.15, 0.2) is 0 Å². The Morgan fingerprint density at radius 2 is 1.96 bits per heavy atom. The van der Waals surface area contributed by atoms with E-state index in [4.69, 9.17) is 15.2 Å². The predicted molar refractivity (Wildman–Crippen MR) is 91.2 cm³/mol. The van der Waals surface area contributed by atoms with Crippen molar-refractivity contribution < 1.29 is 14.3 Å². The van der Waals surface area contributed by atoms with Crippen LogP contribution in [0.15, 0.2) is 30.3 Å². The molecule has 4 N–H and O–H groups in total. The van der Waals surface area contributed by atoms with Crippen molar-refractivity contribution in [3.8, 4) is 0 Å². The molecule has 0 fully saturated rings. The zero-order valence-corrected chi connectivity index (χ0v) is 14.3. The molecule has 0 bridgehead atoms. The van der Waals surface area contributed by atoms with Crippen LogP contribution in [0.2, 0.25) is 0 Å². The Morgan fingerprint density at radius 1 is 1.26 bits per heavy atom. The molecule has 0 unspecified atom stereocenters. The summed E-state index contributed by atoms with van der Waals surface area (Å²) in [4.78, 5) is 11.9. The average Bonchev–Trinajstić information content (AvgIpc) is 2.46. The molecule has 0 spiro atoms. The quantitative estimate of drug-likeness (QED) is 0.602. The molecule has 1 aromatic rings. The molecular weight excluding hydrogens is 294 g/mol. The molecule has 0 saturated carbocycles. The maximum atomic E-state index is 11.9. The lowest BCUT2D eigenvalue weighted by Gasteiger charge is -2.24. The molecule has 0 heterocycles. The van der Waals surface area contributed by atoms with Crippen LogP contribution in [-0.4, -0.2) is 44.0 Å². The number of rotatable bonds is 9. The third-order valence-corrected chi connectivity index (χ3v) is 2.86. The molecule has 1 amide bonds. The second-order valence-corrected chi connectivity index (χ2v) is 6.34. The summed E-state index contributed by atoms with van der Waals surface area (Å²) >= 11 is 0. The number of amides is 1. The van der Waals surface area contributed by atoms with Gasteiger partial charge in [-0.1, -0.05) is 30.3 Å². The van der Waals surface area contributed by atoms with Gasteiger partial charge < -0.3 is 25.8 Å². The largest absolute Gasteiger partial charge is 0.444 e. The summed E-state index contributed by atoms with van der Waals surface area (Å²) in [7, 11) is 0.